The standard InChI is InChI=1S/C16H21NS/c1-3-16(4-2)12(10-15(16)17)14-9-11-7-5-6-8-13(11)18-14/h5-9,12,15H,3-4,10,17H2,1-2H3. The van der Waals surface area contributed by atoms with E-state index in [4.69, 9.17) is 5.73 Å². The first-order valence-corrected chi connectivity index (χ1v) is 7.77. The van der Waals surface area contributed by atoms with Crippen LogP contribution >= 0.6 is 11.3 Å². The number of hydrogen-bond acceptors (Lipinski definition) is 2. The van der Waals surface area contributed by atoms with E-state index in [1.165, 1.54) is 22.9 Å². The molecule has 0 saturated heterocycles. The Kier molecular flexibility index (Phi) is 2.95. The van der Waals surface area contributed by atoms with Crippen LogP contribution in [0.5, 0.6) is 0 Å². The smallest absolute Gasteiger partial charge is 0.0345 e. The van der Waals surface area contributed by atoms with E-state index in [2.05, 4.69) is 44.2 Å². The highest BCUT2D eigenvalue weighted by molar-refractivity contribution is 7.19. The van der Waals surface area contributed by atoms with Crippen LogP contribution in [0.3, 0.4) is 0 Å². The van der Waals surface area contributed by atoms with Crippen molar-refractivity contribution in [2.45, 2.75) is 45.1 Å². The van der Waals surface area contributed by atoms with Crippen LogP contribution in [0.25, 0.3) is 10.1 Å². The molecule has 2 heteroatoms. The number of nitrogens with two attached hydrogens (primary N) is 1. The highest BCUT2D eigenvalue weighted by atomic mass is 32.1. The van der Waals surface area contributed by atoms with Gasteiger partial charge in [0.25, 0.3) is 0 Å². The van der Waals surface area contributed by atoms with Gasteiger partial charge in [-0.2, -0.15) is 0 Å². The van der Waals surface area contributed by atoms with E-state index in [0.717, 1.165) is 6.42 Å². The fourth-order valence-electron chi connectivity index (χ4n) is 3.66. The van der Waals surface area contributed by atoms with Gasteiger partial charge in [0, 0.05) is 21.5 Å². The van der Waals surface area contributed by atoms with Crippen LogP contribution in [0.1, 0.15) is 43.9 Å². The molecule has 1 aromatic carbocycles. The quantitative estimate of drug-likeness (QED) is 0.861. The van der Waals surface area contributed by atoms with Gasteiger partial charge < -0.3 is 5.73 Å². The van der Waals surface area contributed by atoms with Crippen LogP contribution in [0.2, 0.25) is 0 Å². The SMILES string of the molecule is CCC1(CC)C(N)CC1c1cc2ccccc2s1. The topological polar surface area (TPSA) is 26.0 Å². The van der Waals surface area contributed by atoms with Crippen molar-refractivity contribution in [1.29, 1.82) is 0 Å². The average Bonchev–Trinajstić information content (AvgIpc) is 2.80. The maximum Gasteiger partial charge on any atom is 0.0345 e. The molecule has 2 atom stereocenters. The lowest BCUT2D eigenvalue weighted by Gasteiger charge is -2.54. The molecule has 0 amide bonds. The molecule has 96 valence electrons. The Bertz CT molecular complexity index is 520. The third-order valence-corrected chi connectivity index (χ3v) is 6.26. The van der Waals surface area contributed by atoms with E-state index in [9.17, 15) is 0 Å². The molecular formula is C16H21NS. The molecule has 0 bridgehead atoms. The Morgan fingerprint density at radius 1 is 1.28 bits per heavy atom. The summed E-state index contributed by atoms with van der Waals surface area (Å²) < 4.78 is 1.41. The molecule has 0 spiro atoms. The highest BCUT2D eigenvalue weighted by Gasteiger charge is 2.51. The van der Waals surface area contributed by atoms with Gasteiger partial charge in [0.15, 0.2) is 0 Å². The molecule has 1 aliphatic carbocycles. The first kappa shape index (κ1) is 12.2. The molecule has 2 N–H and O–H groups in total. The second kappa shape index (κ2) is 4.36. The van der Waals surface area contributed by atoms with Crippen molar-refractivity contribution in [3.63, 3.8) is 0 Å². The minimum atomic E-state index is 0.348. The average molecular weight is 259 g/mol. The van der Waals surface area contributed by atoms with Gasteiger partial charge >= 0.3 is 0 Å². The zero-order valence-corrected chi connectivity index (χ0v) is 12.0. The van der Waals surface area contributed by atoms with Gasteiger partial charge in [-0.05, 0) is 42.2 Å². The molecule has 0 aliphatic heterocycles. The zero-order chi connectivity index (χ0) is 12.8. The first-order chi connectivity index (χ1) is 8.71. The van der Waals surface area contributed by atoms with Gasteiger partial charge in [-0.3, -0.25) is 0 Å². The van der Waals surface area contributed by atoms with E-state index < -0.39 is 0 Å². The van der Waals surface area contributed by atoms with Crippen molar-refractivity contribution in [3.8, 4) is 0 Å². The maximum atomic E-state index is 6.31. The van der Waals surface area contributed by atoms with E-state index in [1.54, 1.807) is 4.88 Å². The molecule has 1 nitrogen and oxygen atoms in total. The molecule has 1 saturated carbocycles. The highest BCUT2D eigenvalue weighted by Crippen LogP contribution is 2.57. The summed E-state index contributed by atoms with van der Waals surface area (Å²) in [4.78, 5) is 1.54. The fourth-order valence-corrected chi connectivity index (χ4v) is 4.97. The van der Waals surface area contributed by atoms with E-state index in [0.29, 0.717) is 17.4 Å². The van der Waals surface area contributed by atoms with E-state index >= 15 is 0 Å². The summed E-state index contributed by atoms with van der Waals surface area (Å²) in [6.07, 6.45) is 3.56. The Hall–Kier alpha value is -0.860. The summed E-state index contributed by atoms with van der Waals surface area (Å²) in [6, 6.07) is 11.5. The summed E-state index contributed by atoms with van der Waals surface area (Å²) >= 11 is 1.96. The Morgan fingerprint density at radius 2 is 2.00 bits per heavy atom. The number of hydrogen-bond donors (Lipinski definition) is 1. The van der Waals surface area contributed by atoms with Crippen LogP contribution in [-0.4, -0.2) is 6.04 Å². The predicted octanol–water partition coefficient (Wildman–Crippen LogP) is 4.52. The molecule has 2 unspecified atom stereocenters. The minimum absolute atomic E-state index is 0.348. The fraction of sp³-hybridized carbons (Fsp3) is 0.500. The molecule has 2 aromatic rings. The van der Waals surface area contributed by atoms with Crippen LogP contribution in [0, 0.1) is 5.41 Å². The van der Waals surface area contributed by atoms with Gasteiger partial charge in [0.05, 0.1) is 0 Å². The monoisotopic (exact) mass is 259 g/mol. The largest absolute Gasteiger partial charge is 0.327 e. The normalized spacial score (nSPS) is 26.2. The van der Waals surface area contributed by atoms with Crippen LogP contribution in [0.4, 0.5) is 0 Å². The van der Waals surface area contributed by atoms with Crippen molar-refractivity contribution in [1.82, 2.24) is 0 Å². The molecule has 18 heavy (non-hydrogen) atoms. The minimum Gasteiger partial charge on any atom is -0.327 e. The second-order valence-corrected chi connectivity index (χ2v) is 6.64. The Morgan fingerprint density at radius 3 is 2.61 bits per heavy atom. The van der Waals surface area contributed by atoms with Crippen molar-refractivity contribution in [2.24, 2.45) is 11.1 Å². The predicted molar refractivity (Wildman–Crippen MR) is 80.2 cm³/mol. The van der Waals surface area contributed by atoms with Crippen LogP contribution in [0.15, 0.2) is 30.3 Å². The summed E-state index contributed by atoms with van der Waals surface area (Å²) in [6.45, 7) is 4.59. The lowest BCUT2D eigenvalue weighted by atomic mass is 9.53. The molecule has 3 rings (SSSR count). The lowest BCUT2D eigenvalue weighted by molar-refractivity contribution is 0.0459. The van der Waals surface area contributed by atoms with Crippen molar-refractivity contribution >= 4 is 21.4 Å². The van der Waals surface area contributed by atoms with Gasteiger partial charge in [0.1, 0.15) is 0 Å². The van der Waals surface area contributed by atoms with E-state index in [-0.39, 0.29) is 0 Å². The zero-order valence-electron chi connectivity index (χ0n) is 11.1. The van der Waals surface area contributed by atoms with Gasteiger partial charge in [-0.25, -0.2) is 0 Å². The van der Waals surface area contributed by atoms with E-state index in [1.807, 2.05) is 11.3 Å². The first-order valence-electron chi connectivity index (χ1n) is 6.95. The third kappa shape index (κ3) is 1.55. The number of rotatable bonds is 3. The summed E-state index contributed by atoms with van der Waals surface area (Å²) in [5.41, 5.74) is 6.65. The lowest BCUT2D eigenvalue weighted by Crippen LogP contribution is -2.55. The molecule has 1 aromatic heterocycles. The molecule has 1 aliphatic rings. The van der Waals surface area contributed by atoms with Crippen LogP contribution < -0.4 is 5.73 Å². The van der Waals surface area contributed by atoms with Crippen molar-refractivity contribution in [2.75, 3.05) is 0 Å². The third-order valence-electron chi connectivity index (χ3n) is 5.03. The number of thiophene rings is 1. The summed E-state index contributed by atoms with van der Waals surface area (Å²) in [7, 11) is 0. The Labute approximate surface area is 113 Å². The van der Waals surface area contributed by atoms with Gasteiger partial charge in [0.2, 0.25) is 0 Å². The summed E-state index contributed by atoms with van der Waals surface area (Å²) in [5, 5.41) is 1.39. The van der Waals surface area contributed by atoms with Gasteiger partial charge in [-0.15, -0.1) is 11.3 Å². The van der Waals surface area contributed by atoms with Gasteiger partial charge in [-0.1, -0.05) is 32.0 Å². The molecule has 1 fully saturated rings. The number of benzene rings is 1. The van der Waals surface area contributed by atoms with Crippen molar-refractivity contribution < 1.29 is 0 Å². The molecular weight excluding hydrogens is 238 g/mol. The molecule has 1 heterocycles. The summed E-state index contributed by atoms with van der Waals surface area (Å²) in [5.74, 6) is 0.680. The molecule has 0 radical (unpaired) electrons. The van der Waals surface area contributed by atoms with Crippen molar-refractivity contribution in [3.05, 3.63) is 35.2 Å². The second-order valence-electron chi connectivity index (χ2n) is 5.52. The van der Waals surface area contributed by atoms with Crippen LogP contribution in [-0.2, 0) is 0 Å². The number of fused-ring (bicyclic) bond motifs is 1. The Balaban J connectivity index is 2.00. The maximum absolute atomic E-state index is 6.31.